The van der Waals surface area contributed by atoms with E-state index in [-0.39, 0.29) is 37.1 Å². The number of aromatic nitrogens is 2. The summed E-state index contributed by atoms with van der Waals surface area (Å²) in [5, 5.41) is 5.50. The number of pyridine rings is 2. The van der Waals surface area contributed by atoms with Gasteiger partial charge >= 0.3 is 0 Å². The van der Waals surface area contributed by atoms with Crippen molar-refractivity contribution >= 4 is 29.0 Å². The first-order chi connectivity index (χ1) is 16.8. The maximum atomic E-state index is 13.2. The highest BCUT2D eigenvalue weighted by Gasteiger charge is 2.26. The molecule has 0 aliphatic carbocycles. The Balaban J connectivity index is 0.00000167. The maximum Gasteiger partial charge on any atom is 0.277 e. The number of benzene rings is 1. The summed E-state index contributed by atoms with van der Waals surface area (Å²) in [6, 6.07) is 15.1. The summed E-state index contributed by atoms with van der Waals surface area (Å²) in [4.78, 5) is 44.2. The van der Waals surface area contributed by atoms with Crippen molar-refractivity contribution in [2.45, 2.75) is 47.3 Å². The zero-order valence-electron chi connectivity index (χ0n) is 20.6. The van der Waals surface area contributed by atoms with Gasteiger partial charge in [-0.3, -0.25) is 14.4 Å². The van der Waals surface area contributed by atoms with Crippen LogP contribution in [0.1, 0.15) is 36.4 Å². The molecule has 3 aromatic rings. The number of fused-ring (bicyclic) bond motifs is 1. The Bertz CT molecular complexity index is 1270. The van der Waals surface area contributed by atoms with E-state index in [0.29, 0.717) is 23.7 Å². The van der Waals surface area contributed by atoms with Crippen LogP contribution in [0.15, 0.2) is 53.3 Å². The Morgan fingerprint density at radius 2 is 1.83 bits per heavy atom. The largest absolute Gasteiger partial charge is 0.384 e. The molecule has 184 valence electrons. The average Bonchev–Trinajstić information content (AvgIpc) is 2.84. The number of hydrogen-bond donors (Lipinski definition) is 3. The van der Waals surface area contributed by atoms with Crippen LogP contribution < -0.4 is 26.8 Å². The molecule has 9 nitrogen and oxygen atoms in total. The van der Waals surface area contributed by atoms with E-state index in [2.05, 4.69) is 15.6 Å². The minimum Gasteiger partial charge on any atom is -0.384 e. The second-order valence-electron chi connectivity index (χ2n) is 8.08. The van der Waals surface area contributed by atoms with Crippen LogP contribution in [0.25, 0.3) is 0 Å². The monoisotopic (exact) mass is 476 g/mol. The Labute approximate surface area is 205 Å². The first-order valence-electron chi connectivity index (χ1n) is 11.6. The third kappa shape index (κ3) is 6.06. The summed E-state index contributed by atoms with van der Waals surface area (Å²) in [5.41, 5.74) is 9.35. The molecule has 0 fully saturated rings. The highest BCUT2D eigenvalue weighted by Crippen LogP contribution is 2.28. The summed E-state index contributed by atoms with van der Waals surface area (Å²) in [5.74, 6) is -0.163. The van der Waals surface area contributed by atoms with Crippen molar-refractivity contribution < 1.29 is 9.59 Å². The molecule has 4 rings (SSSR count). The number of nitrogens with zero attached hydrogens (tertiary/aromatic N) is 3. The fraction of sp³-hybridized carbons (Fsp3) is 0.308. The van der Waals surface area contributed by atoms with Crippen LogP contribution >= 0.6 is 0 Å². The van der Waals surface area contributed by atoms with Gasteiger partial charge in [0.2, 0.25) is 11.8 Å². The highest BCUT2D eigenvalue weighted by atomic mass is 16.2. The molecule has 2 amide bonds. The molecule has 1 aliphatic heterocycles. The van der Waals surface area contributed by atoms with Gasteiger partial charge in [-0.1, -0.05) is 50.2 Å². The molecule has 35 heavy (non-hydrogen) atoms. The van der Waals surface area contributed by atoms with Crippen molar-refractivity contribution in [3.63, 3.8) is 0 Å². The standard InChI is InChI=1S/C24H26N6O3.C2H6/c1-15-10-19-23(28-22(32)13-29(19)12-17-6-4-3-5-7-17)24(33)30(15)14-21(31)26-11-18-8-9-20(25)27-16(18)2;1-2/h3-10H,11-14H2,1-2H3,(H2,25,27)(H,26,31)(H,28,32);1-2H3. The van der Waals surface area contributed by atoms with Crippen molar-refractivity contribution in [2.75, 3.05) is 22.5 Å². The summed E-state index contributed by atoms with van der Waals surface area (Å²) in [6.07, 6.45) is 0. The maximum absolute atomic E-state index is 13.2. The lowest BCUT2D eigenvalue weighted by Gasteiger charge is -2.31. The third-order valence-corrected chi connectivity index (χ3v) is 5.64. The van der Waals surface area contributed by atoms with E-state index in [4.69, 9.17) is 5.73 Å². The molecule has 0 saturated carbocycles. The molecule has 0 saturated heterocycles. The number of nitrogen functional groups attached to an aromatic ring is 1. The Morgan fingerprint density at radius 1 is 1.11 bits per heavy atom. The molecule has 0 unspecified atom stereocenters. The molecular formula is C26H32N6O3. The van der Waals surface area contributed by atoms with Gasteiger partial charge in [0, 0.05) is 24.5 Å². The fourth-order valence-electron chi connectivity index (χ4n) is 3.89. The lowest BCUT2D eigenvalue weighted by molar-refractivity contribution is -0.122. The molecule has 9 heteroatoms. The van der Waals surface area contributed by atoms with Gasteiger partial charge in [-0.25, -0.2) is 4.98 Å². The van der Waals surface area contributed by atoms with Crippen LogP contribution in [-0.4, -0.2) is 27.9 Å². The number of hydrogen-bond acceptors (Lipinski definition) is 6. The Kier molecular flexibility index (Phi) is 8.25. The highest BCUT2D eigenvalue weighted by molar-refractivity contribution is 6.01. The lowest BCUT2D eigenvalue weighted by atomic mass is 10.1. The normalized spacial score (nSPS) is 12.2. The molecule has 4 N–H and O–H groups in total. The number of rotatable bonds is 6. The molecule has 3 heterocycles. The molecule has 0 radical (unpaired) electrons. The van der Waals surface area contributed by atoms with E-state index in [1.165, 1.54) is 4.57 Å². The average molecular weight is 477 g/mol. The fourth-order valence-corrected chi connectivity index (χ4v) is 3.89. The minimum atomic E-state index is -0.406. The van der Waals surface area contributed by atoms with E-state index >= 15 is 0 Å². The van der Waals surface area contributed by atoms with Crippen LogP contribution in [0.3, 0.4) is 0 Å². The Morgan fingerprint density at radius 3 is 2.51 bits per heavy atom. The topological polar surface area (TPSA) is 122 Å². The predicted octanol–water partition coefficient (Wildman–Crippen LogP) is 2.74. The quantitative estimate of drug-likeness (QED) is 0.503. The van der Waals surface area contributed by atoms with Crippen LogP contribution in [0.4, 0.5) is 17.2 Å². The minimum absolute atomic E-state index is 0.153. The van der Waals surface area contributed by atoms with Crippen LogP contribution in [0.5, 0.6) is 0 Å². The van der Waals surface area contributed by atoms with E-state index in [1.807, 2.05) is 68.1 Å². The second-order valence-corrected chi connectivity index (χ2v) is 8.08. The van der Waals surface area contributed by atoms with Gasteiger partial charge in [-0.2, -0.15) is 0 Å². The Hall–Kier alpha value is -4.14. The molecular weight excluding hydrogens is 444 g/mol. The summed E-state index contributed by atoms with van der Waals surface area (Å²) in [6.45, 7) is 8.37. The van der Waals surface area contributed by atoms with Crippen LogP contribution in [0, 0.1) is 13.8 Å². The van der Waals surface area contributed by atoms with Crippen LogP contribution in [0.2, 0.25) is 0 Å². The number of carbonyl (C=O) groups is 2. The zero-order chi connectivity index (χ0) is 25.5. The van der Waals surface area contributed by atoms with Crippen molar-refractivity contribution in [2.24, 2.45) is 0 Å². The van der Waals surface area contributed by atoms with Crippen molar-refractivity contribution in [3.8, 4) is 0 Å². The first-order valence-corrected chi connectivity index (χ1v) is 11.6. The van der Waals surface area contributed by atoms with E-state index in [1.54, 1.807) is 13.0 Å². The number of amides is 2. The third-order valence-electron chi connectivity index (χ3n) is 5.64. The van der Waals surface area contributed by atoms with E-state index in [0.717, 1.165) is 16.8 Å². The predicted molar refractivity (Wildman–Crippen MR) is 138 cm³/mol. The van der Waals surface area contributed by atoms with Crippen molar-refractivity contribution in [1.29, 1.82) is 0 Å². The molecule has 2 aromatic heterocycles. The van der Waals surface area contributed by atoms with Gasteiger partial charge < -0.3 is 25.8 Å². The van der Waals surface area contributed by atoms with E-state index in [9.17, 15) is 14.4 Å². The van der Waals surface area contributed by atoms with Gasteiger partial charge in [0.1, 0.15) is 18.1 Å². The van der Waals surface area contributed by atoms with Gasteiger partial charge in [-0.05, 0) is 37.1 Å². The van der Waals surface area contributed by atoms with Crippen molar-refractivity contribution in [1.82, 2.24) is 14.9 Å². The van der Waals surface area contributed by atoms with Gasteiger partial charge in [0.05, 0.1) is 12.2 Å². The first kappa shape index (κ1) is 25.5. The summed E-state index contributed by atoms with van der Waals surface area (Å²) >= 11 is 0. The molecule has 1 aliphatic rings. The summed E-state index contributed by atoms with van der Waals surface area (Å²) in [7, 11) is 0. The summed E-state index contributed by atoms with van der Waals surface area (Å²) < 4.78 is 1.37. The van der Waals surface area contributed by atoms with Crippen molar-refractivity contribution in [3.05, 3.63) is 81.4 Å². The smallest absolute Gasteiger partial charge is 0.277 e. The molecule has 0 atom stereocenters. The van der Waals surface area contributed by atoms with E-state index < -0.39 is 5.56 Å². The molecule has 0 bridgehead atoms. The molecule has 1 aromatic carbocycles. The van der Waals surface area contributed by atoms with Gasteiger partial charge in [0.15, 0.2) is 0 Å². The lowest BCUT2D eigenvalue weighted by Crippen LogP contribution is -2.42. The van der Waals surface area contributed by atoms with Gasteiger partial charge in [-0.15, -0.1) is 0 Å². The number of aryl methyl sites for hydroxylation is 2. The number of carbonyl (C=O) groups excluding carboxylic acids is 2. The SMILES string of the molecule is CC.Cc1nc(N)ccc1CNC(=O)Cn1c(C)cc2c(c1=O)NC(=O)CN2Cc1ccccc1. The zero-order valence-corrected chi connectivity index (χ0v) is 20.6. The van der Waals surface area contributed by atoms with Gasteiger partial charge in [0.25, 0.3) is 5.56 Å². The molecule has 0 spiro atoms. The van der Waals surface area contributed by atoms with Crippen LogP contribution in [-0.2, 0) is 29.2 Å². The number of nitrogens with one attached hydrogen (secondary N) is 2. The number of nitrogens with two attached hydrogens (primary N) is 1. The number of anilines is 3. The second kappa shape index (κ2) is 11.3.